The molecule has 1 aliphatic carbocycles. The number of benzene rings is 1. The molecular formula is C19H28ClN3O2. The zero-order valence-electron chi connectivity index (χ0n) is 14.7. The van der Waals surface area contributed by atoms with Crippen LogP contribution in [0.5, 0.6) is 0 Å². The van der Waals surface area contributed by atoms with Crippen LogP contribution in [0.2, 0.25) is 0 Å². The summed E-state index contributed by atoms with van der Waals surface area (Å²) in [6.45, 7) is 2.90. The van der Waals surface area contributed by atoms with Gasteiger partial charge in [-0.15, -0.1) is 12.4 Å². The molecule has 25 heavy (non-hydrogen) atoms. The van der Waals surface area contributed by atoms with Crippen molar-refractivity contribution in [2.45, 2.75) is 51.1 Å². The molecule has 1 aromatic rings. The molecule has 3 unspecified atom stereocenters. The summed E-state index contributed by atoms with van der Waals surface area (Å²) in [4.78, 5) is 24.2. The highest BCUT2D eigenvalue weighted by atomic mass is 35.5. The fraction of sp³-hybridized carbons (Fsp3) is 0.579. The SMILES string of the molecule is Cc1ccc(C(=O)NCCNC(=O)C2CC3CCCCC3N2)cc1.Cl. The van der Waals surface area contributed by atoms with Crippen LogP contribution in [0.1, 0.15) is 48.0 Å². The Morgan fingerprint density at radius 1 is 1.08 bits per heavy atom. The number of hydrogen-bond acceptors (Lipinski definition) is 3. The van der Waals surface area contributed by atoms with Crippen LogP contribution in [0, 0.1) is 12.8 Å². The standard InChI is InChI=1S/C19H27N3O2.ClH/c1-13-6-8-14(9-7-13)18(23)20-10-11-21-19(24)17-12-15-4-2-3-5-16(15)22-17;/h6-9,15-17,22H,2-5,10-12H2,1H3,(H,20,23)(H,21,24);1H. The number of rotatable bonds is 5. The van der Waals surface area contributed by atoms with Gasteiger partial charge in [0.15, 0.2) is 0 Å². The number of hydrogen-bond donors (Lipinski definition) is 3. The third kappa shape index (κ3) is 5.19. The Kier molecular flexibility index (Phi) is 7.26. The van der Waals surface area contributed by atoms with Gasteiger partial charge in [0.2, 0.25) is 5.91 Å². The maximum Gasteiger partial charge on any atom is 0.251 e. The largest absolute Gasteiger partial charge is 0.353 e. The molecule has 0 spiro atoms. The van der Waals surface area contributed by atoms with Gasteiger partial charge in [-0.25, -0.2) is 0 Å². The molecule has 1 saturated heterocycles. The van der Waals surface area contributed by atoms with E-state index in [4.69, 9.17) is 0 Å². The zero-order valence-corrected chi connectivity index (χ0v) is 15.5. The summed E-state index contributed by atoms with van der Waals surface area (Å²) < 4.78 is 0. The fourth-order valence-electron chi connectivity index (χ4n) is 3.81. The normalized spacial score (nSPS) is 24.8. The van der Waals surface area contributed by atoms with Gasteiger partial charge in [0.25, 0.3) is 5.91 Å². The Hall–Kier alpha value is -1.59. The monoisotopic (exact) mass is 365 g/mol. The average Bonchev–Trinajstić information content (AvgIpc) is 3.03. The van der Waals surface area contributed by atoms with Crippen molar-refractivity contribution in [1.82, 2.24) is 16.0 Å². The molecule has 3 rings (SSSR count). The number of aryl methyl sites for hydroxylation is 1. The molecule has 138 valence electrons. The molecule has 6 heteroatoms. The summed E-state index contributed by atoms with van der Waals surface area (Å²) >= 11 is 0. The summed E-state index contributed by atoms with van der Waals surface area (Å²) in [6, 6.07) is 7.92. The Labute approximate surface area is 155 Å². The summed E-state index contributed by atoms with van der Waals surface area (Å²) in [7, 11) is 0. The van der Waals surface area contributed by atoms with Crippen LogP contribution in [0.15, 0.2) is 24.3 Å². The smallest absolute Gasteiger partial charge is 0.251 e. The molecule has 5 nitrogen and oxygen atoms in total. The quantitative estimate of drug-likeness (QED) is 0.700. The number of amides is 2. The molecule has 1 aliphatic heterocycles. The van der Waals surface area contributed by atoms with Crippen molar-refractivity contribution in [3.8, 4) is 0 Å². The summed E-state index contributed by atoms with van der Waals surface area (Å²) in [5, 5.41) is 9.25. The molecule has 2 fully saturated rings. The predicted octanol–water partition coefficient (Wildman–Crippen LogP) is 2.18. The maximum absolute atomic E-state index is 12.3. The van der Waals surface area contributed by atoms with Crippen molar-refractivity contribution < 1.29 is 9.59 Å². The van der Waals surface area contributed by atoms with E-state index < -0.39 is 0 Å². The first-order valence-electron chi connectivity index (χ1n) is 9.02. The number of halogens is 1. The lowest BCUT2D eigenvalue weighted by molar-refractivity contribution is -0.122. The minimum atomic E-state index is -0.103. The Morgan fingerprint density at radius 2 is 1.76 bits per heavy atom. The van der Waals surface area contributed by atoms with Gasteiger partial charge in [0.05, 0.1) is 6.04 Å². The number of nitrogens with one attached hydrogen (secondary N) is 3. The van der Waals surface area contributed by atoms with E-state index in [1.165, 1.54) is 25.7 Å². The molecule has 0 radical (unpaired) electrons. The topological polar surface area (TPSA) is 70.2 Å². The first-order chi connectivity index (χ1) is 11.6. The highest BCUT2D eigenvalue weighted by molar-refractivity contribution is 5.94. The van der Waals surface area contributed by atoms with Crippen LogP contribution in [0.25, 0.3) is 0 Å². The van der Waals surface area contributed by atoms with Crippen LogP contribution < -0.4 is 16.0 Å². The third-order valence-corrected chi connectivity index (χ3v) is 5.20. The second-order valence-electron chi connectivity index (χ2n) is 7.02. The van der Waals surface area contributed by atoms with Gasteiger partial charge in [0, 0.05) is 24.7 Å². The molecule has 2 aliphatic rings. The van der Waals surface area contributed by atoms with E-state index in [0.717, 1.165) is 12.0 Å². The second-order valence-corrected chi connectivity index (χ2v) is 7.02. The van der Waals surface area contributed by atoms with Crippen molar-refractivity contribution in [1.29, 1.82) is 0 Å². The van der Waals surface area contributed by atoms with Crippen molar-refractivity contribution in [2.75, 3.05) is 13.1 Å². The number of carbonyl (C=O) groups is 2. The molecule has 3 atom stereocenters. The molecule has 1 aromatic carbocycles. The van der Waals surface area contributed by atoms with Crippen LogP contribution in [0.4, 0.5) is 0 Å². The molecule has 2 amide bonds. The minimum Gasteiger partial charge on any atom is -0.353 e. The average molecular weight is 366 g/mol. The van der Waals surface area contributed by atoms with Crippen LogP contribution >= 0.6 is 12.4 Å². The molecular weight excluding hydrogens is 338 g/mol. The third-order valence-electron chi connectivity index (χ3n) is 5.20. The van der Waals surface area contributed by atoms with E-state index in [1.54, 1.807) is 0 Å². The molecule has 0 aromatic heterocycles. The van der Waals surface area contributed by atoms with Crippen molar-refractivity contribution in [2.24, 2.45) is 5.92 Å². The molecule has 3 N–H and O–H groups in total. The lowest BCUT2D eigenvalue weighted by atomic mass is 9.85. The van der Waals surface area contributed by atoms with E-state index in [0.29, 0.717) is 30.6 Å². The Bertz CT molecular complexity index is 577. The van der Waals surface area contributed by atoms with E-state index in [-0.39, 0.29) is 30.3 Å². The summed E-state index contributed by atoms with van der Waals surface area (Å²) in [6.07, 6.45) is 5.96. The lowest BCUT2D eigenvalue weighted by Crippen LogP contribution is -2.45. The highest BCUT2D eigenvalue weighted by Crippen LogP contribution is 2.33. The Balaban J connectivity index is 0.00000225. The Morgan fingerprint density at radius 3 is 2.48 bits per heavy atom. The van der Waals surface area contributed by atoms with Crippen LogP contribution in [-0.2, 0) is 4.79 Å². The van der Waals surface area contributed by atoms with Crippen LogP contribution in [0.3, 0.4) is 0 Å². The van der Waals surface area contributed by atoms with Crippen molar-refractivity contribution in [3.05, 3.63) is 35.4 Å². The molecule has 0 bridgehead atoms. The zero-order chi connectivity index (χ0) is 16.9. The van der Waals surface area contributed by atoms with Gasteiger partial charge >= 0.3 is 0 Å². The van der Waals surface area contributed by atoms with Crippen molar-refractivity contribution >= 4 is 24.2 Å². The van der Waals surface area contributed by atoms with Gasteiger partial charge < -0.3 is 16.0 Å². The van der Waals surface area contributed by atoms with Gasteiger partial charge in [-0.1, -0.05) is 30.5 Å². The van der Waals surface area contributed by atoms with Gasteiger partial charge in [0.1, 0.15) is 0 Å². The summed E-state index contributed by atoms with van der Waals surface area (Å²) in [5.74, 6) is 0.624. The maximum atomic E-state index is 12.3. The highest BCUT2D eigenvalue weighted by Gasteiger charge is 2.37. The fourth-order valence-corrected chi connectivity index (χ4v) is 3.81. The van der Waals surface area contributed by atoms with Gasteiger partial charge in [-0.2, -0.15) is 0 Å². The first kappa shape index (κ1) is 19.7. The molecule has 1 saturated carbocycles. The number of fused-ring (bicyclic) bond motifs is 1. The lowest BCUT2D eigenvalue weighted by Gasteiger charge is -2.24. The second kappa shape index (κ2) is 9.20. The van der Waals surface area contributed by atoms with Gasteiger partial charge in [-0.05, 0) is 44.2 Å². The number of carbonyl (C=O) groups excluding carboxylic acids is 2. The summed E-state index contributed by atoms with van der Waals surface area (Å²) in [5.41, 5.74) is 1.77. The van der Waals surface area contributed by atoms with Crippen LogP contribution in [-0.4, -0.2) is 37.0 Å². The minimum absolute atomic E-state index is 0. The van der Waals surface area contributed by atoms with E-state index in [1.807, 2.05) is 31.2 Å². The van der Waals surface area contributed by atoms with E-state index >= 15 is 0 Å². The molecule has 1 heterocycles. The predicted molar refractivity (Wildman–Crippen MR) is 101 cm³/mol. The van der Waals surface area contributed by atoms with Gasteiger partial charge in [-0.3, -0.25) is 9.59 Å². The first-order valence-corrected chi connectivity index (χ1v) is 9.02. The van der Waals surface area contributed by atoms with E-state index in [2.05, 4.69) is 16.0 Å². The van der Waals surface area contributed by atoms with E-state index in [9.17, 15) is 9.59 Å². The van der Waals surface area contributed by atoms with Crippen molar-refractivity contribution in [3.63, 3.8) is 0 Å².